The molecule has 0 aliphatic heterocycles. The minimum absolute atomic E-state index is 0.0475. The third-order valence-corrected chi connectivity index (χ3v) is 4.78. The molecule has 118 valence electrons. The van der Waals surface area contributed by atoms with Crippen molar-refractivity contribution in [2.75, 3.05) is 5.32 Å². The Kier molecular flexibility index (Phi) is 3.70. The van der Waals surface area contributed by atoms with Crippen molar-refractivity contribution in [1.29, 1.82) is 0 Å². The van der Waals surface area contributed by atoms with Crippen LogP contribution in [-0.2, 0) is 11.2 Å². The lowest BCUT2D eigenvalue weighted by atomic mass is 10.1. The zero-order chi connectivity index (χ0) is 16.5. The van der Waals surface area contributed by atoms with E-state index < -0.39 is 0 Å². The number of benzene rings is 2. The quantitative estimate of drug-likeness (QED) is 0.607. The maximum atomic E-state index is 12.4. The number of fused-ring (bicyclic) bond motifs is 2. The summed E-state index contributed by atoms with van der Waals surface area (Å²) in [5.41, 5.74) is 3.57. The molecular formula is C19H15N3OS. The number of para-hydroxylation sites is 1. The summed E-state index contributed by atoms with van der Waals surface area (Å²) in [6, 6.07) is 15.6. The first kappa shape index (κ1) is 14.8. The maximum absolute atomic E-state index is 12.4. The van der Waals surface area contributed by atoms with Gasteiger partial charge < -0.3 is 5.32 Å². The molecule has 2 aromatic heterocycles. The molecule has 0 atom stereocenters. The van der Waals surface area contributed by atoms with Crippen LogP contribution in [0.25, 0.3) is 21.1 Å². The number of aryl methyl sites for hydroxylation is 1. The average molecular weight is 333 g/mol. The second-order valence-corrected chi connectivity index (χ2v) is 6.87. The predicted octanol–water partition coefficient (Wildman–Crippen LogP) is 4.33. The number of nitrogens with zero attached hydrogens (tertiary/aromatic N) is 2. The Morgan fingerprint density at radius 3 is 2.96 bits per heavy atom. The van der Waals surface area contributed by atoms with E-state index in [0.717, 1.165) is 37.4 Å². The van der Waals surface area contributed by atoms with Gasteiger partial charge in [0.25, 0.3) is 0 Å². The highest BCUT2D eigenvalue weighted by Gasteiger charge is 2.09. The molecule has 1 N–H and O–H groups in total. The summed E-state index contributed by atoms with van der Waals surface area (Å²) in [6.45, 7) is 1.98. The van der Waals surface area contributed by atoms with Crippen molar-refractivity contribution in [3.05, 3.63) is 65.3 Å². The van der Waals surface area contributed by atoms with Gasteiger partial charge in [0.2, 0.25) is 5.91 Å². The van der Waals surface area contributed by atoms with Crippen LogP contribution in [0.15, 0.2) is 54.7 Å². The lowest BCUT2D eigenvalue weighted by Gasteiger charge is -2.07. The predicted molar refractivity (Wildman–Crippen MR) is 98.4 cm³/mol. The number of rotatable bonds is 3. The fourth-order valence-electron chi connectivity index (χ4n) is 2.81. The van der Waals surface area contributed by atoms with Crippen molar-refractivity contribution in [3.63, 3.8) is 0 Å². The molecule has 4 nitrogen and oxygen atoms in total. The fraction of sp³-hybridized carbons (Fsp3) is 0.105. The largest absolute Gasteiger partial charge is 0.326 e. The topological polar surface area (TPSA) is 54.9 Å². The molecule has 0 saturated carbocycles. The molecule has 0 spiro atoms. The van der Waals surface area contributed by atoms with Crippen LogP contribution in [0.5, 0.6) is 0 Å². The number of hydrogen-bond acceptors (Lipinski definition) is 4. The minimum Gasteiger partial charge on any atom is -0.326 e. The molecular weight excluding hydrogens is 318 g/mol. The van der Waals surface area contributed by atoms with Crippen LogP contribution in [0.1, 0.15) is 10.6 Å². The third kappa shape index (κ3) is 2.86. The van der Waals surface area contributed by atoms with Gasteiger partial charge in [-0.2, -0.15) is 0 Å². The standard InChI is InChI=1S/C19H15N3OS/c1-12-21-16-8-7-15(11-17(16)24-12)22-18(23)10-14-5-2-4-13-6-3-9-20-19(13)14/h2-9,11H,10H2,1H3,(H,22,23). The normalized spacial score (nSPS) is 11.0. The molecule has 5 heteroatoms. The number of aromatic nitrogens is 2. The summed E-state index contributed by atoms with van der Waals surface area (Å²) in [6.07, 6.45) is 2.05. The summed E-state index contributed by atoms with van der Waals surface area (Å²) in [4.78, 5) is 21.2. The van der Waals surface area contributed by atoms with E-state index in [2.05, 4.69) is 15.3 Å². The second kappa shape index (κ2) is 6.02. The van der Waals surface area contributed by atoms with Gasteiger partial charge in [-0.1, -0.05) is 24.3 Å². The van der Waals surface area contributed by atoms with Crippen molar-refractivity contribution in [1.82, 2.24) is 9.97 Å². The van der Waals surface area contributed by atoms with Crippen LogP contribution in [0.4, 0.5) is 5.69 Å². The minimum atomic E-state index is -0.0475. The van der Waals surface area contributed by atoms with Crippen LogP contribution in [0.2, 0.25) is 0 Å². The van der Waals surface area contributed by atoms with Crippen LogP contribution in [-0.4, -0.2) is 15.9 Å². The monoisotopic (exact) mass is 333 g/mol. The number of carbonyl (C=O) groups excluding carboxylic acids is 1. The molecule has 0 unspecified atom stereocenters. The molecule has 0 aliphatic rings. The molecule has 0 fully saturated rings. The number of pyridine rings is 1. The van der Waals surface area contributed by atoms with E-state index in [1.54, 1.807) is 17.5 Å². The van der Waals surface area contributed by atoms with E-state index in [9.17, 15) is 4.79 Å². The number of amides is 1. The van der Waals surface area contributed by atoms with Crippen molar-refractivity contribution < 1.29 is 4.79 Å². The van der Waals surface area contributed by atoms with Crippen molar-refractivity contribution in [3.8, 4) is 0 Å². The van der Waals surface area contributed by atoms with Gasteiger partial charge in [0, 0.05) is 17.3 Å². The molecule has 4 rings (SSSR count). The van der Waals surface area contributed by atoms with E-state index in [1.807, 2.05) is 55.5 Å². The highest BCUT2D eigenvalue weighted by Crippen LogP contribution is 2.25. The average Bonchev–Trinajstić information content (AvgIpc) is 2.94. The zero-order valence-corrected chi connectivity index (χ0v) is 13.9. The lowest BCUT2D eigenvalue weighted by Crippen LogP contribution is -2.14. The fourth-order valence-corrected chi connectivity index (χ4v) is 3.67. The van der Waals surface area contributed by atoms with Gasteiger partial charge in [0.05, 0.1) is 27.2 Å². The van der Waals surface area contributed by atoms with Gasteiger partial charge in [-0.05, 0) is 36.8 Å². The number of hydrogen-bond donors (Lipinski definition) is 1. The number of anilines is 1. The Morgan fingerprint density at radius 1 is 1.17 bits per heavy atom. The Bertz CT molecular complexity index is 1050. The van der Waals surface area contributed by atoms with E-state index in [-0.39, 0.29) is 5.91 Å². The first-order chi connectivity index (χ1) is 11.7. The molecule has 0 saturated heterocycles. The van der Waals surface area contributed by atoms with Gasteiger partial charge in [0.1, 0.15) is 0 Å². The molecule has 0 bridgehead atoms. The summed E-state index contributed by atoms with van der Waals surface area (Å²) in [7, 11) is 0. The van der Waals surface area contributed by atoms with Gasteiger partial charge in [-0.3, -0.25) is 9.78 Å². The summed E-state index contributed by atoms with van der Waals surface area (Å²) < 4.78 is 1.08. The molecule has 0 aliphatic carbocycles. The van der Waals surface area contributed by atoms with Crippen LogP contribution >= 0.6 is 11.3 Å². The Balaban J connectivity index is 1.56. The van der Waals surface area contributed by atoms with E-state index in [4.69, 9.17) is 0 Å². The molecule has 4 aromatic rings. The van der Waals surface area contributed by atoms with Crippen molar-refractivity contribution in [2.24, 2.45) is 0 Å². The van der Waals surface area contributed by atoms with E-state index in [1.165, 1.54) is 0 Å². The Hall–Kier alpha value is -2.79. The SMILES string of the molecule is Cc1nc2ccc(NC(=O)Cc3cccc4cccnc34)cc2s1. The summed E-state index contributed by atoms with van der Waals surface area (Å²) >= 11 is 1.63. The molecule has 24 heavy (non-hydrogen) atoms. The molecule has 1 amide bonds. The third-order valence-electron chi connectivity index (χ3n) is 3.85. The lowest BCUT2D eigenvalue weighted by molar-refractivity contribution is -0.115. The molecule has 2 aromatic carbocycles. The first-order valence-electron chi connectivity index (χ1n) is 7.69. The van der Waals surface area contributed by atoms with E-state index >= 15 is 0 Å². The highest BCUT2D eigenvalue weighted by molar-refractivity contribution is 7.18. The van der Waals surface area contributed by atoms with Gasteiger partial charge >= 0.3 is 0 Å². The summed E-state index contributed by atoms with van der Waals surface area (Å²) in [5.74, 6) is -0.0475. The van der Waals surface area contributed by atoms with Gasteiger partial charge in [0.15, 0.2) is 0 Å². The van der Waals surface area contributed by atoms with Crippen LogP contribution < -0.4 is 5.32 Å². The molecule has 2 heterocycles. The second-order valence-electron chi connectivity index (χ2n) is 5.63. The van der Waals surface area contributed by atoms with Crippen LogP contribution in [0, 0.1) is 6.92 Å². The number of carbonyl (C=O) groups is 1. The Labute approximate surface area is 143 Å². The maximum Gasteiger partial charge on any atom is 0.228 e. The number of nitrogens with one attached hydrogen (secondary N) is 1. The Morgan fingerprint density at radius 2 is 2.04 bits per heavy atom. The highest BCUT2D eigenvalue weighted by atomic mass is 32.1. The van der Waals surface area contributed by atoms with Gasteiger partial charge in [-0.25, -0.2) is 4.98 Å². The molecule has 0 radical (unpaired) electrons. The smallest absolute Gasteiger partial charge is 0.228 e. The van der Waals surface area contributed by atoms with E-state index in [0.29, 0.717) is 6.42 Å². The first-order valence-corrected chi connectivity index (χ1v) is 8.50. The van der Waals surface area contributed by atoms with Crippen molar-refractivity contribution >= 4 is 44.1 Å². The zero-order valence-electron chi connectivity index (χ0n) is 13.1. The van der Waals surface area contributed by atoms with Gasteiger partial charge in [-0.15, -0.1) is 11.3 Å². The van der Waals surface area contributed by atoms with Crippen LogP contribution in [0.3, 0.4) is 0 Å². The van der Waals surface area contributed by atoms with Crippen molar-refractivity contribution in [2.45, 2.75) is 13.3 Å². The summed E-state index contributed by atoms with van der Waals surface area (Å²) in [5, 5.41) is 5.04. The number of thiazole rings is 1.